The number of thiophene rings is 1. The largest absolute Gasteiger partial charge is 0.490 e. The fraction of sp³-hybridized carbons (Fsp3) is 0.389. The highest BCUT2D eigenvalue weighted by atomic mass is 32.1. The second-order valence-electron chi connectivity index (χ2n) is 6.07. The number of halogens is 2. The van der Waals surface area contributed by atoms with E-state index in [0.717, 1.165) is 37.3 Å². The van der Waals surface area contributed by atoms with Gasteiger partial charge in [-0.2, -0.15) is 11.3 Å². The number of nitrogens with one attached hydrogen (secondary N) is 1. The minimum Gasteiger partial charge on any atom is -0.490 e. The van der Waals surface area contributed by atoms with Crippen molar-refractivity contribution in [2.24, 2.45) is 0 Å². The first-order valence-corrected chi connectivity index (χ1v) is 8.96. The first-order chi connectivity index (χ1) is 11.6. The fourth-order valence-corrected chi connectivity index (χ4v) is 3.64. The Balaban J connectivity index is 1.44. The first kappa shape index (κ1) is 16.9. The van der Waals surface area contributed by atoms with Crippen LogP contribution in [0.5, 0.6) is 5.75 Å². The summed E-state index contributed by atoms with van der Waals surface area (Å²) in [6.07, 6.45) is 3.44. The molecule has 0 atom stereocenters. The maximum Gasteiger partial charge on any atom is 0.224 e. The van der Waals surface area contributed by atoms with Crippen molar-refractivity contribution in [2.75, 3.05) is 0 Å². The van der Waals surface area contributed by atoms with Gasteiger partial charge in [0.05, 0.1) is 12.5 Å². The molecule has 1 saturated carbocycles. The van der Waals surface area contributed by atoms with E-state index >= 15 is 0 Å². The maximum atomic E-state index is 13.2. The van der Waals surface area contributed by atoms with Gasteiger partial charge in [-0.1, -0.05) is 0 Å². The molecule has 0 saturated heterocycles. The zero-order valence-corrected chi connectivity index (χ0v) is 14.0. The molecule has 0 aliphatic heterocycles. The third-order valence-electron chi connectivity index (χ3n) is 4.12. The molecule has 1 N–H and O–H groups in total. The number of benzene rings is 1. The Morgan fingerprint density at radius 2 is 1.88 bits per heavy atom. The molecule has 3 rings (SSSR count). The lowest BCUT2D eigenvalue weighted by Crippen LogP contribution is -2.40. The molecule has 1 aromatic carbocycles. The van der Waals surface area contributed by atoms with Crippen LogP contribution in [0.1, 0.15) is 31.2 Å². The second kappa shape index (κ2) is 7.75. The monoisotopic (exact) mass is 351 g/mol. The van der Waals surface area contributed by atoms with E-state index in [9.17, 15) is 13.6 Å². The van der Waals surface area contributed by atoms with Crippen molar-refractivity contribution in [1.29, 1.82) is 0 Å². The van der Waals surface area contributed by atoms with Gasteiger partial charge in [-0.25, -0.2) is 8.78 Å². The Hall–Kier alpha value is -1.95. The molecule has 128 valence electrons. The van der Waals surface area contributed by atoms with Gasteiger partial charge >= 0.3 is 0 Å². The van der Waals surface area contributed by atoms with Crippen LogP contribution in [0.4, 0.5) is 8.78 Å². The Kier molecular flexibility index (Phi) is 5.45. The Labute approximate surface area is 143 Å². The Morgan fingerprint density at radius 3 is 2.50 bits per heavy atom. The standard InChI is InChI=1S/C18H19F2NO2S/c19-13-8-14(20)10-17(9-13)23-16-3-1-15(2-4-16)21-18(22)7-12-5-6-24-11-12/h5-6,8-11,15-16H,1-4,7H2,(H,21,22). The molecule has 0 unspecified atom stereocenters. The summed E-state index contributed by atoms with van der Waals surface area (Å²) in [5, 5.41) is 6.98. The summed E-state index contributed by atoms with van der Waals surface area (Å²) in [5.41, 5.74) is 1.03. The van der Waals surface area contributed by atoms with Crippen LogP contribution in [0.2, 0.25) is 0 Å². The molecular weight excluding hydrogens is 332 g/mol. The van der Waals surface area contributed by atoms with Gasteiger partial charge in [0.1, 0.15) is 17.4 Å². The van der Waals surface area contributed by atoms with Crippen molar-refractivity contribution < 1.29 is 18.3 Å². The molecule has 1 heterocycles. The quantitative estimate of drug-likeness (QED) is 0.882. The van der Waals surface area contributed by atoms with Crippen LogP contribution in [0, 0.1) is 11.6 Å². The smallest absolute Gasteiger partial charge is 0.224 e. The number of ether oxygens (including phenoxy) is 1. The minimum atomic E-state index is -0.639. The van der Waals surface area contributed by atoms with Gasteiger partial charge in [0.2, 0.25) is 5.91 Å². The van der Waals surface area contributed by atoms with Crippen LogP contribution < -0.4 is 10.1 Å². The van der Waals surface area contributed by atoms with E-state index in [1.165, 1.54) is 12.1 Å². The van der Waals surface area contributed by atoms with Crippen molar-refractivity contribution in [3.05, 3.63) is 52.2 Å². The van der Waals surface area contributed by atoms with Crippen LogP contribution in [-0.4, -0.2) is 18.1 Å². The van der Waals surface area contributed by atoms with Crippen LogP contribution in [0.15, 0.2) is 35.0 Å². The molecular formula is C18H19F2NO2S. The molecule has 1 fully saturated rings. The maximum absolute atomic E-state index is 13.2. The topological polar surface area (TPSA) is 38.3 Å². The summed E-state index contributed by atoms with van der Waals surface area (Å²) < 4.78 is 32.0. The molecule has 6 heteroatoms. The predicted molar refractivity (Wildman–Crippen MR) is 89.2 cm³/mol. The summed E-state index contributed by atoms with van der Waals surface area (Å²) in [6.45, 7) is 0. The molecule has 0 spiro atoms. The molecule has 1 aliphatic rings. The van der Waals surface area contributed by atoms with Gasteiger partial charge in [-0.05, 0) is 48.1 Å². The van der Waals surface area contributed by atoms with Gasteiger partial charge in [-0.3, -0.25) is 4.79 Å². The number of carbonyl (C=O) groups is 1. The van der Waals surface area contributed by atoms with Gasteiger partial charge in [0.15, 0.2) is 0 Å². The number of hydrogen-bond acceptors (Lipinski definition) is 3. The van der Waals surface area contributed by atoms with E-state index in [2.05, 4.69) is 5.32 Å². The summed E-state index contributed by atoms with van der Waals surface area (Å²) in [6, 6.07) is 5.30. The molecule has 1 aliphatic carbocycles. The molecule has 1 aromatic heterocycles. The van der Waals surface area contributed by atoms with Gasteiger partial charge < -0.3 is 10.1 Å². The van der Waals surface area contributed by atoms with Crippen molar-refractivity contribution in [2.45, 2.75) is 44.2 Å². The van der Waals surface area contributed by atoms with E-state index < -0.39 is 11.6 Å². The first-order valence-electron chi connectivity index (χ1n) is 8.01. The van der Waals surface area contributed by atoms with Crippen LogP contribution in [0.25, 0.3) is 0 Å². The van der Waals surface area contributed by atoms with Gasteiger partial charge in [0.25, 0.3) is 0 Å². The molecule has 0 radical (unpaired) electrons. The van der Waals surface area contributed by atoms with Crippen molar-refractivity contribution in [3.63, 3.8) is 0 Å². The third-order valence-corrected chi connectivity index (χ3v) is 4.85. The molecule has 24 heavy (non-hydrogen) atoms. The normalized spacial score (nSPS) is 20.6. The van der Waals surface area contributed by atoms with Gasteiger partial charge in [-0.15, -0.1) is 0 Å². The number of hydrogen-bond donors (Lipinski definition) is 1. The zero-order chi connectivity index (χ0) is 16.9. The third kappa shape index (κ3) is 4.77. The van der Waals surface area contributed by atoms with Gasteiger partial charge in [0, 0.05) is 24.2 Å². The van der Waals surface area contributed by atoms with E-state index in [-0.39, 0.29) is 23.8 Å². The molecule has 0 bridgehead atoms. The Morgan fingerprint density at radius 1 is 1.17 bits per heavy atom. The van der Waals surface area contributed by atoms with Crippen molar-refractivity contribution in [1.82, 2.24) is 5.32 Å². The summed E-state index contributed by atoms with van der Waals surface area (Å²) in [4.78, 5) is 12.0. The van der Waals surface area contributed by atoms with E-state index in [1.54, 1.807) is 11.3 Å². The predicted octanol–water partition coefficient (Wildman–Crippen LogP) is 4.08. The second-order valence-corrected chi connectivity index (χ2v) is 6.85. The Bertz CT molecular complexity index is 662. The number of carbonyl (C=O) groups excluding carboxylic acids is 1. The SMILES string of the molecule is O=C(Cc1ccsc1)NC1CCC(Oc2cc(F)cc(F)c2)CC1. The number of amides is 1. The van der Waals surface area contributed by atoms with Crippen LogP contribution in [-0.2, 0) is 11.2 Å². The fourth-order valence-electron chi connectivity index (χ4n) is 2.97. The molecule has 2 aromatic rings. The summed E-state index contributed by atoms with van der Waals surface area (Å²) in [5.74, 6) is -1.03. The lowest BCUT2D eigenvalue weighted by atomic mass is 9.92. The van der Waals surface area contributed by atoms with E-state index in [4.69, 9.17) is 4.74 Å². The highest BCUT2D eigenvalue weighted by Gasteiger charge is 2.24. The minimum absolute atomic E-state index is 0.0324. The van der Waals surface area contributed by atoms with E-state index in [0.29, 0.717) is 6.42 Å². The highest BCUT2D eigenvalue weighted by Crippen LogP contribution is 2.25. The average molecular weight is 351 g/mol. The van der Waals surface area contributed by atoms with Crippen molar-refractivity contribution >= 4 is 17.2 Å². The molecule has 1 amide bonds. The van der Waals surface area contributed by atoms with Crippen molar-refractivity contribution in [3.8, 4) is 5.75 Å². The zero-order valence-electron chi connectivity index (χ0n) is 13.1. The molecule has 3 nitrogen and oxygen atoms in total. The van der Waals surface area contributed by atoms with E-state index in [1.807, 2.05) is 16.8 Å². The lowest BCUT2D eigenvalue weighted by Gasteiger charge is -2.29. The van der Waals surface area contributed by atoms with Crippen LogP contribution in [0.3, 0.4) is 0 Å². The highest BCUT2D eigenvalue weighted by molar-refractivity contribution is 7.07. The average Bonchev–Trinajstić information content (AvgIpc) is 3.01. The summed E-state index contributed by atoms with van der Waals surface area (Å²) in [7, 11) is 0. The lowest BCUT2D eigenvalue weighted by molar-refractivity contribution is -0.121. The summed E-state index contributed by atoms with van der Waals surface area (Å²) >= 11 is 1.58. The van der Waals surface area contributed by atoms with Crippen LogP contribution >= 0.6 is 11.3 Å². The number of rotatable bonds is 5.